The SMILES string of the molecule is CC(C)(C)OC(=O)N1CCCC[C@@H]2NCCC[C@H]21. The van der Waals surface area contributed by atoms with Gasteiger partial charge in [0.15, 0.2) is 0 Å². The van der Waals surface area contributed by atoms with Gasteiger partial charge < -0.3 is 15.0 Å². The summed E-state index contributed by atoms with van der Waals surface area (Å²) in [5, 5.41) is 3.56. The van der Waals surface area contributed by atoms with Crippen LogP contribution in [0.5, 0.6) is 0 Å². The molecule has 2 saturated heterocycles. The van der Waals surface area contributed by atoms with E-state index in [9.17, 15) is 4.79 Å². The first kappa shape index (κ1) is 13.7. The van der Waals surface area contributed by atoms with Crippen molar-refractivity contribution in [2.45, 2.75) is 70.6 Å². The molecule has 1 N–H and O–H groups in total. The highest BCUT2D eigenvalue weighted by molar-refractivity contribution is 5.68. The topological polar surface area (TPSA) is 41.6 Å². The van der Waals surface area contributed by atoms with E-state index in [1.165, 1.54) is 12.8 Å². The number of carbonyl (C=O) groups is 1. The highest BCUT2D eigenvalue weighted by Crippen LogP contribution is 2.25. The van der Waals surface area contributed by atoms with Crippen molar-refractivity contribution in [3.8, 4) is 0 Å². The molecule has 0 saturated carbocycles. The van der Waals surface area contributed by atoms with Gasteiger partial charge in [0, 0.05) is 12.6 Å². The van der Waals surface area contributed by atoms with Crippen LogP contribution in [0, 0.1) is 0 Å². The molecule has 2 rings (SSSR count). The van der Waals surface area contributed by atoms with Crippen LogP contribution in [0.2, 0.25) is 0 Å². The number of nitrogens with one attached hydrogen (secondary N) is 1. The number of amides is 1. The Balaban J connectivity index is 2.06. The Kier molecular flexibility index (Phi) is 4.15. The summed E-state index contributed by atoms with van der Waals surface area (Å²) in [4.78, 5) is 14.3. The van der Waals surface area contributed by atoms with Crippen LogP contribution in [0.1, 0.15) is 52.9 Å². The number of hydrogen-bond acceptors (Lipinski definition) is 3. The summed E-state index contributed by atoms with van der Waals surface area (Å²) < 4.78 is 5.54. The zero-order valence-electron chi connectivity index (χ0n) is 11.9. The lowest BCUT2D eigenvalue weighted by molar-refractivity contribution is 0.0106. The largest absolute Gasteiger partial charge is 0.444 e. The maximum Gasteiger partial charge on any atom is 0.410 e. The third-order valence-electron chi connectivity index (χ3n) is 3.74. The molecule has 4 nitrogen and oxygen atoms in total. The van der Waals surface area contributed by atoms with Crippen LogP contribution in [-0.2, 0) is 4.74 Å². The van der Waals surface area contributed by atoms with Crippen molar-refractivity contribution in [1.29, 1.82) is 0 Å². The van der Waals surface area contributed by atoms with Gasteiger partial charge in [-0.3, -0.25) is 0 Å². The monoisotopic (exact) mass is 254 g/mol. The second-order valence-electron chi connectivity index (χ2n) is 6.44. The summed E-state index contributed by atoms with van der Waals surface area (Å²) in [7, 11) is 0. The molecule has 0 aromatic rings. The molecule has 0 aliphatic carbocycles. The second kappa shape index (κ2) is 5.47. The van der Waals surface area contributed by atoms with E-state index >= 15 is 0 Å². The van der Waals surface area contributed by atoms with Gasteiger partial charge in [0.1, 0.15) is 5.60 Å². The summed E-state index contributed by atoms with van der Waals surface area (Å²) >= 11 is 0. The fourth-order valence-electron chi connectivity index (χ4n) is 2.96. The van der Waals surface area contributed by atoms with Crippen LogP contribution in [0.4, 0.5) is 4.79 Å². The Morgan fingerprint density at radius 2 is 2.00 bits per heavy atom. The first-order chi connectivity index (χ1) is 8.47. The molecular formula is C14H26N2O2. The molecule has 2 aliphatic heterocycles. The van der Waals surface area contributed by atoms with Gasteiger partial charge in [-0.25, -0.2) is 4.79 Å². The highest BCUT2D eigenvalue weighted by atomic mass is 16.6. The van der Waals surface area contributed by atoms with Crippen molar-refractivity contribution in [3.63, 3.8) is 0 Å². The number of rotatable bonds is 0. The van der Waals surface area contributed by atoms with E-state index in [0.29, 0.717) is 12.1 Å². The molecule has 0 bridgehead atoms. The molecule has 104 valence electrons. The Morgan fingerprint density at radius 1 is 1.22 bits per heavy atom. The molecule has 1 amide bonds. The van der Waals surface area contributed by atoms with Gasteiger partial charge in [-0.1, -0.05) is 6.42 Å². The van der Waals surface area contributed by atoms with Crippen LogP contribution in [0.25, 0.3) is 0 Å². The molecule has 2 heterocycles. The van der Waals surface area contributed by atoms with Gasteiger partial charge in [0.05, 0.1) is 6.04 Å². The number of fused-ring (bicyclic) bond motifs is 1. The summed E-state index contributed by atoms with van der Waals surface area (Å²) in [6.45, 7) is 7.72. The van der Waals surface area contributed by atoms with E-state index in [1.807, 2.05) is 25.7 Å². The summed E-state index contributed by atoms with van der Waals surface area (Å²) in [6.07, 6.45) is 5.60. The van der Waals surface area contributed by atoms with Gasteiger partial charge >= 0.3 is 6.09 Å². The third-order valence-corrected chi connectivity index (χ3v) is 3.74. The van der Waals surface area contributed by atoms with Gasteiger partial charge in [0.25, 0.3) is 0 Å². The predicted molar refractivity (Wildman–Crippen MR) is 71.6 cm³/mol. The smallest absolute Gasteiger partial charge is 0.410 e. The first-order valence-corrected chi connectivity index (χ1v) is 7.20. The number of piperidine rings is 1. The van der Waals surface area contributed by atoms with E-state index in [0.717, 1.165) is 32.4 Å². The summed E-state index contributed by atoms with van der Waals surface area (Å²) in [5.41, 5.74) is -0.402. The van der Waals surface area contributed by atoms with E-state index in [1.54, 1.807) is 0 Å². The Morgan fingerprint density at radius 3 is 2.72 bits per heavy atom. The summed E-state index contributed by atoms with van der Waals surface area (Å²) in [5.74, 6) is 0. The normalized spacial score (nSPS) is 29.4. The minimum atomic E-state index is -0.402. The molecule has 0 spiro atoms. The molecule has 2 aliphatic rings. The number of nitrogens with zero attached hydrogens (tertiary/aromatic N) is 1. The molecule has 0 aromatic carbocycles. The molecular weight excluding hydrogens is 228 g/mol. The quantitative estimate of drug-likeness (QED) is 0.722. The lowest BCUT2D eigenvalue weighted by atomic mass is 9.95. The van der Waals surface area contributed by atoms with Crippen LogP contribution in [0.3, 0.4) is 0 Å². The number of ether oxygens (including phenoxy) is 1. The predicted octanol–water partition coefficient (Wildman–Crippen LogP) is 2.53. The van der Waals surface area contributed by atoms with Crippen LogP contribution in [0.15, 0.2) is 0 Å². The third kappa shape index (κ3) is 3.37. The van der Waals surface area contributed by atoms with Crippen molar-refractivity contribution >= 4 is 6.09 Å². The Bertz CT molecular complexity index is 299. The van der Waals surface area contributed by atoms with E-state index in [4.69, 9.17) is 4.74 Å². The Hall–Kier alpha value is -0.770. The molecule has 4 heteroatoms. The lowest BCUT2D eigenvalue weighted by Gasteiger charge is -2.39. The standard InChI is InChI=1S/C14H26N2O2/c1-14(2,3)18-13(17)16-10-5-4-7-11-12(16)8-6-9-15-11/h11-12,15H,4-10H2,1-3H3/t11-,12+/m0/s1. The van der Waals surface area contributed by atoms with Crippen LogP contribution in [-0.4, -0.2) is 41.8 Å². The van der Waals surface area contributed by atoms with Crippen molar-refractivity contribution in [2.75, 3.05) is 13.1 Å². The average molecular weight is 254 g/mol. The number of likely N-dealkylation sites (tertiary alicyclic amines) is 1. The van der Waals surface area contributed by atoms with E-state index in [2.05, 4.69) is 5.32 Å². The van der Waals surface area contributed by atoms with Crippen molar-refractivity contribution in [2.24, 2.45) is 0 Å². The van der Waals surface area contributed by atoms with Crippen molar-refractivity contribution in [1.82, 2.24) is 10.2 Å². The zero-order chi connectivity index (χ0) is 13.2. The maximum atomic E-state index is 12.3. The average Bonchev–Trinajstić information content (AvgIpc) is 2.48. The molecule has 0 aromatic heterocycles. The molecule has 2 fully saturated rings. The van der Waals surface area contributed by atoms with E-state index in [-0.39, 0.29) is 6.09 Å². The zero-order valence-corrected chi connectivity index (χ0v) is 11.9. The molecule has 0 radical (unpaired) electrons. The van der Waals surface area contributed by atoms with Gasteiger partial charge in [-0.15, -0.1) is 0 Å². The summed E-state index contributed by atoms with van der Waals surface area (Å²) in [6, 6.07) is 0.796. The Labute approximate surface area is 110 Å². The number of carbonyl (C=O) groups excluding carboxylic acids is 1. The lowest BCUT2D eigenvalue weighted by Crippen LogP contribution is -2.55. The number of hydrogen-bond donors (Lipinski definition) is 1. The fourth-order valence-corrected chi connectivity index (χ4v) is 2.96. The minimum absolute atomic E-state index is 0.136. The van der Waals surface area contributed by atoms with Gasteiger partial charge in [0.2, 0.25) is 0 Å². The maximum absolute atomic E-state index is 12.3. The van der Waals surface area contributed by atoms with Crippen LogP contribution >= 0.6 is 0 Å². The molecule has 2 atom stereocenters. The van der Waals surface area contributed by atoms with Crippen LogP contribution < -0.4 is 5.32 Å². The second-order valence-corrected chi connectivity index (χ2v) is 6.44. The minimum Gasteiger partial charge on any atom is -0.444 e. The molecule has 0 unspecified atom stereocenters. The fraction of sp³-hybridized carbons (Fsp3) is 0.929. The highest BCUT2D eigenvalue weighted by Gasteiger charge is 2.36. The molecule has 18 heavy (non-hydrogen) atoms. The van der Waals surface area contributed by atoms with Gasteiger partial charge in [-0.05, 0) is 53.0 Å². The van der Waals surface area contributed by atoms with Gasteiger partial charge in [-0.2, -0.15) is 0 Å². The van der Waals surface area contributed by atoms with E-state index < -0.39 is 5.60 Å². The first-order valence-electron chi connectivity index (χ1n) is 7.20. The van der Waals surface area contributed by atoms with Crippen molar-refractivity contribution < 1.29 is 9.53 Å². The van der Waals surface area contributed by atoms with Crippen molar-refractivity contribution in [3.05, 3.63) is 0 Å².